The van der Waals surface area contributed by atoms with Gasteiger partial charge < -0.3 is 10.2 Å². The van der Waals surface area contributed by atoms with Gasteiger partial charge in [-0.2, -0.15) is 0 Å². The molecule has 0 spiro atoms. The summed E-state index contributed by atoms with van der Waals surface area (Å²) in [7, 11) is -2.15. The number of sulfonamides is 1. The minimum atomic E-state index is -3.50. The highest BCUT2D eigenvalue weighted by atomic mass is 32.2. The lowest BCUT2D eigenvalue weighted by Crippen LogP contribution is -2.24. The number of benzene rings is 1. The van der Waals surface area contributed by atoms with Crippen molar-refractivity contribution in [3.05, 3.63) is 53.7 Å². The molecule has 0 unspecified atom stereocenters. The molecule has 0 aliphatic carbocycles. The van der Waals surface area contributed by atoms with Gasteiger partial charge in [0.15, 0.2) is 0 Å². The van der Waals surface area contributed by atoms with Gasteiger partial charge in [0.2, 0.25) is 10.0 Å². The summed E-state index contributed by atoms with van der Waals surface area (Å²) >= 11 is 0. The van der Waals surface area contributed by atoms with E-state index in [1.54, 1.807) is 6.20 Å². The van der Waals surface area contributed by atoms with Crippen LogP contribution in [0.1, 0.15) is 28.8 Å². The van der Waals surface area contributed by atoms with Crippen molar-refractivity contribution in [3.8, 4) is 0 Å². The summed E-state index contributed by atoms with van der Waals surface area (Å²) in [4.78, 5) is 19.1. The average Bonchev–Trinajstić information content (AvgIpc) is 3.21. The number of pyridine rings is 1. The van der Waals surface area contributed by atoms with Crippen molar-refractivity contribution in [2.75, 3.05) is 25.0 Å². The fourth-order valence-corrected chi connectivity index (χ4v) is 3.61. The van der Waals surface area contributed by atoms with Gasteiger partial charge in [-0.3, -0.25) is 4.79 Å². The zero-order chi connectivity index (χ0) is 18.6. The van der Waals surface area contributed by atoms with Crippen molar-refractivity contribution in [3.63, 3.8) is 0 Å². The van der Waals surface area contributed by atoms with Gasteiger partial charge in [-0.25, -0.2) is 18.1 Å². The van der Waals surface area contributed by atoms with Crippen LogP contribution < -0.4 is 14.9 Å². The fourth-order valence-electron chi connectivity index (χ4n) is 2.88. The summed E-state index contributed by atoms with van der Waals surface area (Å²) in [5.74, 6) is 0.689. The van der Waals surface area contributed by atoms with Crippen LogP contribution in [0, 0.1) is 0 Å². The second kappa shape index (κ2) is 7.84. The molecule has 0 bridgehead atoms. The van der Waals surface area contributed by atoms with E-state index in [0.717, 1.165) is 24.5 Å². The first-order chi connectivity index (χ1) is 12.5. The molecule has 8 heteroatoms. The molecule has 1 saturated heterocycles. The van der Waals surface area contributed by atoms with Gasteiger partial charge in [-0.15, -0.1) is 0 Å². The van der Waals surface area contributed by atoms with Crippen LogP contribution in [0.3, 0.4) is 0 Å². The molecule has 3 rings (SSSR count). The first-order valence-corrected chi connectivity index (χ1v) is 9.99. The number of aromatic nitrogens is 1. The van der Waals surface area contributed by atoms with Crippen molar-refractivity contribution < 1.29 is 13.2 Å². The van der Waals surface area contributed by atoms with Crippen LogP contribution in [-0.4, -0.2) is 39.4 Å². The Morgan fingerprint density at radius 1 is 1.15 bits per heavy atom. The van der Waals surface area contributed by atoms with Crippen LogP contribution in [-0.2, 0) is 16.6 Å². The molecular weight excluding hydrogens is 352 g/mol. The molecule has 0 saturated carbocycles. The Bertz CT molecular complexity index is 876. The number of anilines is 1. The molecule has 2 heterocycles. The third-order valence-corrected chi connectivity index (χ3v) is 5.82. The number of nitrogens with one attached hydrogen (secondary N) is 2. The molecule has 2 aromatic rings. The average molecular weight is 374 g/mol. The molecule has 1 aliphatic heterocycles. The normalized spacial score (nSPS) is 14.4. The Morgan fingerprint density at radius 2 is 1.85 bits per heavy atom. The van der Waals surface area contributed by atoms with E-state index in [9.17, 15) is 13.2 Å². The maximum Gasteiger partial charge on any atom is 0.251 e. The van der Waals surface area contributed by atoms with Crippen LogP contribution in [0.15, 0.2) is 47.5 Å². The van der Waals surface area contributed by atoms with Crippen molar-refractivity contribution >= 4 is 21.7 Å². The minimum absolute atomic E-state index is 0.126. The van der Waals surface area contributed by atoms with Gasteiger partial charge in [-0.05, 0) is 61.9 Å². The number of carbonyl (C=O) groups is 1. The predicted molar refractivity (Wildman–Crippen MR) is 99.5 cm³/mol. The van der Waals surface area contributed by atoms with E-state index in [1.165, 1.54) is 44.2 Å². The smallest absolute Gasteiger partial charge is 0.251 e. The van der Waals surface area contributed by atoms with Crippen molar-refractivity contribution in [1.29, 1.82) is 0 Å². The van der Waals surface area contributed by atoms with E-state index in [1.807, 2.05) is 12.1 Å². The number of nitrogens with zero attached hydrogens (tertiary/aromatic N) is 2. The van der Waals surface area contributed by atoms with Crippen LogP contribution in [0.2, 0.25) is 0 Å². The van der Waals surface area contributed by atoms with Gasteiger partial charge in [0.05, 0.1) is 4.90 Å². The van der Waals surface area contributed by atoms with Gasteiger partial charge >= 0.3 is 0 Å². The number of carbonyl (C=O) groups excluding carboxylic acids is 1. The zero-order valence-electron chi connectivity index (χ0n) is 14.6. The summed E-state index contributed by atoms with van der Waals surface area (Å²) in [6.07, 6.45) is 4.12. The first-order valence-electron chi connectivity index (χ1n) is 8.51. The van der Waals surface area contributed by atoms with Gasteiger partial charge in [0.1, 0.15) is 5.82 Å². The Labute approximate surface area is 153 Å². The lowest BCUT2D eigenvalue weighted by Gasteiger charge is -2.17. The topological polar surface area (TPSA) is 91.4 Å². The highest BCUT2D eigenvalue weighted by Gasteiger charge is 2.15. The molecule has 0 radical (unpaired) electrons. The summed E-state index contributed by atoms with van der Waals surface area (Å²) in [6, 6.07) is 9.71. The van der Waals surface area contributed by atoms with Crippen molar-refractivity contribution in [2.45, 2.75) is 24.3 Å². The Balaban J connectivity index is 1.63. The number of rotatable bonds is 6. The van der Waals surface area contributed by atoms with Crippen LogP contribution >= 0.6 is 0 Å². The second-order valence-electron chi connectivity index (χ2n) is 6.13. The van der Waals surface area contributed by atoms with Crippen LogP contribution in [0.4, 0.5) is 5.82 Å². The van der Waals surface area contributed by atoms with E-state index in [-0.39, 0.29) is 10.8 Å². The largest absolute Gasteiger partial charge is 0.357 e. The SMILES string of the molecule is CNS(=O)(=O)c1ccc(C(=O)NCc2ccnc(N3CCCC3)c2)cc1. The molecule has 2 N–H and O–H groups in total. The predicted octanol–water partition coefficient (Wildman–Crippen LogP) is 1.52. The number of hydrogen-bond donors (Lipinski definition) is 2. The summed E-state index contributed by atoms with van der Waals surface area (Å²) in [6.45, 7) is 2.42. The van der Waals surface area contributed by atoms with Gasteiger partial charge in [0.25, 0.3) is 5.91 Å². The standard InChI is InChI=1S/C18H22N4O3S/c1-19-26(24,25)16-6-4-15(5-7-16)18(23)21-13-14-8-9-20-17(12-14)22-10-2-3-11-22/h4-9,12,19H,2-3,10-11,13H2,1H3,(H,21,23). The first kappa shape index (κ1) is 18.3. The third-order valence-electron chi connectivity index (χ3n) is 4.39. The van der Waals surface area contributed by atoms with Crippen LogP contribution in [0.25, 0.3) is 0 Å². The molecule has 1 aromatic heterocycles. The maximum atomic E-state index is 12.3. The lowest BCUT2D eigenvalue weighted by molar-refractivity contribution is 0.0951. The molecular formula is C18H22N4O3S. The van der Waals surface area contributed by atoms with Gasteiger partial charge in [0, 0.05) is 31.4 Å². The Morgan fingerprint density at radius 3 is 2.50 bits per heavy atom. The molecule has 1 aromatic carbocycles. The second-order valence-corrected chi connectivity index (χ2v) is 8.02. The quantitative estimate of drug-likeness (QED) is 0.800. The molecule has 7 nitrogen and oxygen atoms in total. The number of amides is 1. The summed E-state index contributed by atoms with van der Waals surface area (Å²) in [5.41, 5.74) is 1.39. The van der Waals surface area contributed by atoms with Crippen LogP contribution in [0.5, 0.6) is 0 Å². The number of hydrogen-bond acceptors (Lipinski definition) is 5. The molecule has 138 valence electrons. The molecule has 0 atom stereocenters. The minimum Gasteiger partial charge on any atom is -0.357 e. The van der Waals surface area contributed by atoms with E-state index in [4.69, 9.17) is 0 Å². The van der Waals surface area contributed by atoms with Crippen molar-refractivity contribution in [2.24, 2.45) is 0 Å². The highest BCUT2D eigenvalue weighted by Crippen LogP contribution is 2.18. The molecule has 1 amide bonds. The van der Waals surface area contributed by atoms with Gasteiger partial charge in [-0.1, -0.05) is 0 Å². The van der Waals surface area contributed by atoms with E-state index >= 15 is 0 Å². The highest BCUT2D eigenvalue weighted by molar-refractivity contribution is 7.89. The van der Waals surface area contributed by atoms with E-state index < -0.39 is 10.0 Å². The molecule has 1 aliphatic rings. The molecule has 26 heavy (non-hydrogen) atoms. The molecule has 1 fully saturated rings. The zero-order valence-corrected chi connectivity index (χ0v) is 15.4. The van der Waals surface area contributed by atoms with E-state index in [0.29, 0.717) is 12.1 Å². The lowest BCUT2D eigenvalue weighted by atomic mass is 10.2. The Hall–Kier alpha value is -2.45. The third kappa shape index (κ3) is 4.20. The monoisotopic (exact) mass is 374 g/mol. The Kier molecular flexibility index (Phi) is 5.53. The maximum absolute atomic E-state index is 12.3. The summed E-state index contributed by atoms with van der Waals surface area (Å²) < 4.78 is 25.7. The van der Waals surface area contributed by atoms with E-state index in [2.05, 4.69) is 19.9 Å². The fraction of sp³-hybridized carbons (Fsp3) is 0.333. The van der Waals surface area contributed by atoms with Crippen molar-refractivity contribution in [1.82, 2.24) is 15.0 Å². The summed E-state index contributed by atoms with van der Waals surface area (Å²) in [5, 5.41) is 2.85.